The summed E-state index contributed by atoms with van der Waals surface area (Å²) in [6.07, 6.45) is 23.5. The van der Waals surface area contributed by atoms with Gasteiger partial charge in [-0.05, 0) is 19.3 Å². The standard InChI is InChI=1S/C27H53NO5S/c1-3-5-7-9-11-13-14-15-17-19-21-23-27(30)28-25(24-34(31,32)33)26(29)22-20-18-16-12-10-8-6-4-2/h20,22,25-26,29H,3-19,21,23-24H2,1-2H3,(H,28,30)(H,31,32,33)/b22-20+. The lowest BCUT2D eigenvalue weighted by molar-refractivity contribution is -0.122. The van der Waals surface area contributed by atoms with E-state index in [9.17, 15) is 22.9 Å². The molecule has 34 heavy (non-hydrogen) atoms. The minimum atomic E-state index is -4.32. The zero-order chi connectivity index (χ0) is 25.5. The molecule has 6 nitrogen and oxygen atoms in total. The molecule has 0 saturated heterocycles. The Balaban J connectivity index is 4.14. The first-order chi connectivity index (χ1) is 16.3. The Kier molecular flexibility index (Phi) is 21.9. The minimum Gasteiger partial charge on any atom is -0.387 e. The molecule has 2 unspecified atom stereocenters. The lowest BCUT2D eigenvalue weighted by Crippen LogP contribution is -2.46. The van der Waals surface area contributed by atoms with Crippen molar-refractivity contribution in [1.82, 2.24) is 5.32 Å². The molecule has 0 saturated carbocycles. The Morgan fingerprint density at radius 2 is 1.21 bits per heavy atom. The van der Waals surface area contributed by atoms with Crippen molar-refractivity contribution >= 4 is 16.0 Å². The molecule has 0 aromatic heterocycles. The zero-order valence-electron chi connectivity index (χ0n) is 22.0. The normalized spacial score (nSPS) is 13.9. The number of allylic oxidation sites excluding steroid dienone is 1. The lowest BCUT2D eigenvalue weighted by atomic mass is 10.0. The molecule has 1 amide bonds. The van der Waals surface area contributed by atoms with Crippen molar-refractivity contribution in [3.63, 3.8) is 0 Å². The molecule has 2 atom stereocenters. The van der Waals surface area contributed by atoms with Gasteiger partial charge < -0.3 is 10.4 Å². The summed E-state index contributed by atoms with van der Waals surface area (Å²) in [6.45, 7) is 4.41. The Morgan fingerprint density at radius 3 is 1.68 bits per heavy atom. The van der Waals surface area contributed by atoms with E-state index in [0.717, 1.165) is 38.5 Å². The van der Waals surface area contributed by atoms with Crippen molar-refractivity contribution in [2.75, 3.05) is 5.75 Å². The second-order valence-corrected chi connectivity index (χ2v) is 11.2. The van der Waals surface area contributed by atoms with Gasteiger partial charge in [0.2, 0.25) is 5.91 Å². The van der Waals surface area contributed by atoms with E-state index in [1.807, 2.05) is 6.08 Å². The van der Waals surface area contributed by atoms with Crippen LogP contribution in [0.3, 0.4) is 0 Å². The second-order valence-electron chi connectivity index (χ2n) is 9.68. The predicted octanol–water partition coefficient (Wildman–Crippen LogP) is 6.73. The third kappa shape index (κ3) is 22.9. The number of rotatable bonds is 24. The number of aliphatic hydroxyl groups is 1. The number of nitrogens with one attached hydrogen (secondary N) is 1. The van der Waals surface area contributed by atoms with Crippen LogP contribution in [-0.2, 0) is 14.9 Å². The average molecular weight is 504 g/mol. The first-order valence-electron chi connectivity index (χ1n) is 13.9. The first-order valence-corrected chi connectivity index (χ1v) is 15.5. The fraction of sp³-hybridized carbons (Fsp3) is 0.889. The third-order valence-corrected chi connectivity index (χ3v) is 6.99. The number of carbonyl (C=O) groups excluding carboxylic acids is 1. The highest BCUT2D eigenvalue weighted by Gasteiger charge is 2.24. The van der Waals surface area contributed by atoms with E-state index in [1.165, 1.54) is 83.1 Å². The molecule has 0 aromatic rings. The maximum atomic E-state index is 12.3. The largest absolute Gasteiger partial charge is 0.387 e. The van der Waals surface area contributed by atoms with Crippen molar-refractivity contribution in [3.8, 4) is 0 Å². The Morgan fingerprint density at radius 1 is 0.765 bits per heavy atom. The molecule has 0 aliphatic heterocycles. The topological polar surface area (TPSA) is 104 Å². The summed E-state index contributed by atoms with van der Waals surface area (Å²) in [5, 5.41) is 13.0. The van der Waals surface area contributed by atoms with Crippen molar-refractivity contribution in [1.29, 1.82) is 0 Å². The molecule has 0 radical (unpaired) electrons. The van der Waals surface area contributed by atoms with Gasteiger partial charge in [-0.1, -0.05) is 122 Å². The van der Waals surface area contributed by atoms with E-state index >= 15 is 0 Å². The summed E-state index contributed by atoms with van der Waals surface area (Å²) in [5.74, 6) is -0.979. The monoisotopic (exact) mass is 503 g/mol. The van der Waals surface area contributed by atoms with E-state index in [2.05, 4.69) is 19.2 Å². The van der Waals surface area contributed by atoms with Crippen molar-refractivity contribution < 1.29 is 22.9 Å². The van der Waals surface area contributed by atoms with Gasteiger partial charge in [-0.15, -0.1) is 0 Å². The van der Waals surface area contributed by atoms with E-state index in [4.69, 9.17) is 0 Å². The van der Waals surface area contributed by atoms with Crippen LogP contribution < -0.4 is 5.32 Å². The quantitative estimate of drug-likeness (QED) is 0.0770. The highest BCUT2D eigenvalue weighted by molar-refractivity contribution is 7.85. The summed E-state index contributed by atoms with van der Waals surface area (Å²) >= 11 is 0. The van der Waals surface area contributed by atoms with E-state index in [-0.39, 0.29) is 5.91 Å². The molecule has 3 N–H and O–H groups in total. The fourth-order valence-electron chi connectivity index (χ4n) is 4.09. The highest BCUT2D eigenvalue weighted by atomic mass is 32.2. The minimum absolute atomic E-state index is 0.284. The number of carbonyl (C=O) groups is 1. The van der Waals surface area contributed by atoms with Crippen LogP contribution in [-0.4, -0.2) is 41.9 Å². The van der Waals surface area contributed by atoms with Gasteiger partial charge in [0, 0.05) is 6.42 Å². The fourth-order valence-corrected chi connectivity index (χ4v) is 4.83. The highest BCUT2D eigenvalue weighted by Crippen LogP contribution is 2.12. The Bertz CT molecular complexity index is 606. The van der Waals surface area contributed by atoms with E-state index < -0.39 is 28.0 Å². The molecule has 0 fully saturated rings. The molecule has 0 aromatic carbocycles. The summed E-state index contributed by atoms with van der Waals surface area (Å²) in [6, 6.07) is -1.05. The number of unbranched alkanes of at least 4 members (excludes halogenated alkanes) is 16. The maximum Gasteiger partial charge on any atom is 0.267 e. The molecule has 0 aliphatic carbocycles. The van der Waals surface area contributed by atoms with Crippen LogP contribution in [0.5, 0.6) is 0 Å². The summed E-state index contributed by atoms with van der Waals surface area (Å²) in [5.41, 5.74) is 0. The van der Waals surface area contributed by atoms with Gasteiger partial charge in [0.1, 0.15) is 0 Å². The van der Waals surface area contributed by atoms with Gasteiger partial charge in [0.15, 0.2) is 0 Å². The number of hydrogen-bond acceptors (Lipinski definition) is 4. The summed E-state index contributed by atoms with van der Waals surface area (Å²) in [7, 11) is -4.32. The van der Waals surface area contributed by atoms with Gasteiger partial charge in [-0.3, -0.25) is 9.35 Å². The van der Waals surface area contributed by atoms with Crippen molar-refractivity contribution in [2.45, 2.75) is 148 Å². The SMILES string of the molecule is CCCCCCCC/C=C/C(O)C(CS(=O)(=O)O)NC(=O)CCCCCCCCCCCCC. The number of hydrogen-bond donors (Lipinski definition) is 3. The summed E-state index contributed by atoms with van der Waals surface area (Å²) in [4.78, 5) is 12.3. The molecule has 7 heteroatoms. The van der Waals surface area contributed by atoms with Gasteiger partial charge in [0.25, 0.3) is 10.1 Å². The molecule has 0 rings (SSSR count). The van der Waals surface area contributed by atoms with E-state index in [0.29, 0.717) is 6.42 Å². The second kappa shape index (κ2) is 22.5. The van der Waals surface area contributed by atoms with Crippen LogP contribution in [0.25, 0.3) is 0 Å². The smallest absolute Gasteiger partial charge is 0.267 e. The Hall–Kier alpha value is -0.920. The molecular weight excluding hydrogens is 450 g/mol. The van der Waals surface area contributed by atoms with Crippen LogP contribution >= 0.6 is 0 Å². The van der Waals surface area contributed by atoms with Gasteiger partial charge in [0.05, 0.1) is 17.9 Å². The third-order valence-electron chi connectivity index (χ3n) is 6.21. The molecular formula is C27H53NO5S. The molecule has 0 spiro atoms. The van der Waals surface area contributed by atoms with E-state index in [1.54, 1.807) is 0 Å². The van der Waals surface area contributed by atoms with Crippen molar-refractivity contribution in [2.24, 2.45) is 0 Å². The van der Waals surface area contributed by atoms with Crippen LogP contribution in [0.15, 0.2) is 12.2 Å². The van der Waals surface area contributed by atoms with Crippen LogP contribution in [0.4, 0.5) is 0 Å². The summed E-state index contributed by atoms with van der Waals surface area (Å²) < 4.78 is 31.9. The lowest BCUT2D eigenvalue weighted by Gasteiger charge is -2.21. The molecule has 0 heterocycles. The van der Waals surface area contributed by atoms with Gasteiger partial charge in [-0.2, -0.15) is 8.42 Å². The molecule has 202 valence electrons. The van der Waals surface area contributed by atoms with Gasteiger partial charge >= 0.3 is 0 Å². The number of amides is 1. The predicted molar refractivity (Wildman–Crippen MR) is 143 cm³/mol. The number of aliphatic hydroxyl groups excluding tert-OH is 1. The maximum absolute atomic E-state index is 12.3. The van der Waals surface area contributed by atoms with Gasteiger partial charge in [-0.25, -0.2) is 0 Å². The van der Waals surface area contributed by atoms with Crippen LogP contribution in [0, 0.1) is 0 Å². The van der Waals surface area contributed by atoms with Crippen LogP contribution in [0.1, 0.15) is 136 Å². The Labute approximate surface area is 210 Å². The first kappa shape index (κ1) is 33.1. The average Bonchev–Trinajstić information content (AvgIpc) is 2.77. The van der Waals surface area contributed by atoms with Crippen molar-refractivity contribution in [3.05, 3.63) is 12.2 Å². The molecule has 0 aliphatic rings. The van der Waals surface area contributed by atoms with Crippen LogP contribution in [0.2, 0.25) is 0 Å². The zero-order valence-corrected chi connectivity index (χ0v) is 22.8. The molecule has 0 bridgehead atoms.